The van der Waals surface area contributed by atoms with Crippen molar-refractivity contribution in [2.45, 2.75) is 13.0 Å². The molecule has 2 aromatic rings. The molecular weight excluding hydrogens is 477 g/mol. The van der Waals surface area contributed by atoms with Crippen molar-refractivity contribution in [3.8, 4) is 0 Å². The first-order valence-electron chi connectivity index (χ1n) is 11.1. The summed E-state index contributed by atoms with van der Waals surface area (Å²) < 4.78 is 33.0. The van der Waals surface area contributed by atoms with Crippen molar-refractivity contribution >= 4 is 24.8 Å². The summed E-state index contributed by atoms with van der Waals surface area (Å²) in [6, 6.07) is 12.6. The maximum absolute atomic E-state index is 13.4. The third kappa shape index (κ3) is 9.69. The van der Waals surface area contributed by atoms with E-state index in [9.17, 15) is 8.78 Å². The molecule has 0 amide bonds. The van der Waals surface area contributed by atoms with E-state index in [0.717, 1.165) is 56.0 Å². The van der Waals surface area contributed by atoms with Gasteiger partial charge in [-0.1, -0.05) is 55.1 Å². The molecule has 0 spiro atoms. The average molecular weight is 511 g/mol. The van der Waals surface area contributed by atoms with E-state index in [1.807, 2.05) is 19.1 Å². The topological polar surface area (TPSA) is 15.7 Å². The van der Waals surface area contributed by atoms with Gasteiger partial charge in [0, 0.05) is 39.3 Å². The van der Waals surface area contributed by atoms with Crippen LogP contribution in [0, 0.1) is 11.6 Å². The Kier molecular flexibility index (Phi) is 13.9. The minimum Gasteiger partial charge on any atom is -0.367 e. The highest BCUT2D eigenvalue weighted by Crippen LogP contribution is 2.26. The molecule has 1 heterocycles. The molecular formula is C27H34Cl2F2N2O. The van der Waals surface area contributed by atoms with Crippen LogP contribution < -0.4 is 0 Å². The van der Waals surface area contributed by atoms with Gasteiger partial charge in [0.05, 0.1) is 6.61 Å². The van der Waals surface area contributed by atoms with Crippen LogP contribution in [-0.2, 0) is 4.74 Å². The van der Waals surface area contributed by atoms with Crippen LogP contribution in [-0.4, -0.2) is 55.7 Å². The first-order chi connectivity index (χ1) is 15.5. The number of allylic oxidation sites excluding steroid dienone is 4. The summed E-state index contributed by atoms with van der Waals surface area (Å²) in [5.41, 5.74) is 2.73. The molecule has 0 aliphatic carbocycles. The molecule has 7 heteroatoms. The highest BCUT2D eigenvalue weighted by molar-refractivity contribution is 5.85. The molecule has 3 nitrogen and oxygen atoms in total. The van der Waals surface area contributed by atoms with E-state index in [2.05, 4.69) is 28.5 Å². The van der Waals surface area contributed by atoms with E-state index in [-0.39, 0.29) is 42.6 Å². The second-order valence-corrected chi connectivity index (χ2v) is 7.97. The predicted molar refractivity (Wildman–Crippen MR) is 141 cm³/mol. The molecule has 0 atom stereocenters. The predicted octanol–water partition coefficient (Wildman–Crippen LogP) is 6.22. The fourth-order valence-corrected chi connectivity index (χ4v) is 3.78. The number of nitrogens with zero attached hydrogens (tertiary/aromatic N) is 2. The fourth-order valence-electron chi connectivity index (χ4n) is 3.78. The smallest absolute Gasteiger partial charge is 0.123 e. The summed E-state index contributed by atoms with van der Waals surface area (Å²) in [5, 5.41) is 0. The molecule has 34 heavy (non-hydrogen) atoms. The molecule has 1 saturated heterocycles. The standard InChI is InChI=1S/C27H32F2N2O.2ClH/c1-3-5-22(2)6-4-15-30-16-18-31(19-17-30)20-21-32-27(23-7-11-25(28)12-8-23)24-9-13-26(29)14-10-24;;/h3-14,27H,2,15-21H2,1H3;2*1H/b5-3-,6-4+;;. The summed E-state index contributed by atoms with van der Waals surface area (Å²) in [6.07, 6.45) is 7.86. The van der Waals surface area contributed by atoms with Crippen LogP contribution in [0.25, 0.3) is 0 Å². The Labute approximate surface area is 214 Å². The number of hydrogen-bond acceptors (Lipinski definition) is 3. The molecule has 0 N–H and O–H groups in total. The van der Waals surface area contributed by atoms with Crippen LogP contribution in [0.4, 0.5) is 8.78 Å². The minimum absolute atomic E-state index is 0. The molecule has 0 saturated carbocycles. The van der Waals surface area contributed by atoms with Crippen molar-refractivity contribution < 1.29 is 13.5 Å². The number of rotatable bonds is 10. The summed E-state index contributed by atoms with van der Waals surface area (Å²) in [7, 11) is 0. The van der Waals surface area contributed by atoms with E-state index in [1.54, 1.807) is 24.3 Å². The first-order valence-corrected chi connectivity index (χ1v) is 11.1. The van der Waals surface area contributed by atoms with E-state index in [0.29, 0.717) is 6.61 Å². The average Bonchev–Trinajstić information content (AvgIpc) is 2.79. The van der Waals surface area contributed by atoms with Crippen molar-refractivity contribution in [2.75, 3.05) is 45.9 Å². The van der Waals surface area contributed by atoms with Gasteiger partial charge in [-0.2, -0.15) is 0 Å². The highest BCUT2D eigenvalue weighted by Gasteiger charge is 2.18. The lowest BCUT2D eigenvalue weighted by molar-refractivity contribution is 0.0467. The Balaban J connectivity index is 0.00000289. The van der Waals surface area contributed by atoms with Gasteiger partial charge >= 0.3 is 0 Å². The molecule has 2 aromatic carbocycles. The lowest BCUT2D eigenvalue weighted by Gasteiger charge is -2.34. The molecule has 0 radical (unpaired) electrons. The van der Waals surface area contributed by atoms with E-state index >= 15 is 0 Å². The monoisotopic (exact) mass is 510 g/mol. The SMILES string of the molecule is C=C(/C=C\C)/C=C/CN1CCN(CCOC(c2ccc(F)cc2)c2ccc(F)cc2)CC1.Cl.Cl. The van der Waals surface area contributed by atoms with Crippen LogP contribution in [0.2, 0.25) is 0 Å². The first kappa shape index (κ1) is 30.0. The van der Waals surface area contributed by atoms with Gasteiger partial charge < -0.3 is 4.74 Å². The number of piperazine rings is 1. The lowest BCUT2D eigenvalue weighted by Crippen LogP contribution is -2.47. The molecule has 186 valence electrons. The minimum atomic E-state index is -0.354. The van der Waals surface area contributed by atoms with Gasteiger partial charge in [-0.15, -0.1) is 24.8 Å². The Bertz CT molecular complexity index is 864. The van der Waals surface area contributed by atoms with Gasteiger partial charge in [-0.3, -0.25) is 9.80 Å². The number of ether oxygens (including phenoxy) is 1. The third-order valence-corrected chi connectivity index (χ3v) is 5.58. The Hall–Kier alpha value is -2.02. The van der Waals surface area contributed by atoms with E-state index in [4.69, 9.17) is 4.74 Å². The number of benzene rings is 2. The zero-order chi connectivity index (χ0) is 22.8. The lowest BCUT2D eigenvalue weighted by atomic mass is 10.0. The van der Waals surface area contributed by atoms with Crippen LogP contribution in [0.3, 0.4) is 0 Å². The molecule has 1 aliphatic rings. The quantitative estimate of drug-likeness (QED) is 0.352. The Morgan fingerprint density at radius 3 is 1.88 bits per heavy atom. The maximum Gasteiger partial charge on any atom is 0.123 e. The zero-order valence-corrected chi connectivity index (χ0v) is 21.2. The van der Waals surface area contributed by atoms with Crippen molar-refractivity contribution in [2.24, 2.45) is 0 Å². The molecule has 0 bridgehead atoms. The van der Waals surface area contributed by atoms with Gasteiger partial charge in [0.1, 0.15) is 17.7 Å². The second-order valence-electron chi connectivity index (χ2n) is 7.97. The molecule has 3 rings (SSSR count). The summed E-state index contributed by atoms with van der Waals surface area (Å²) >= 11 is 0. The Morgan fingerprint density at radius 2 is 1.38 bits per heavy atom. The normalized spacial score (nSPS) is 14.9. The van der Waals surface area contributed by atoms with Gasteiger partial charge in [-0.25, -0.2) is 8.78 Å². The van der Waals surface area contributed by atoms with Gasteiger partial charge in [0.25, 0.3) is 0 Å². The largest absolute Gasteiger partial charge is 0.367 e. The maximum atomic E-state index is 13.4. The third-order valence-electron chi connectivity index (χ3n) is 5.58. The van der Waals surface area contributed by atoms with Crippen LogP contribution in [0.15, 0.2) is 85.0 Å². The molecule has 1 aliphatic heterocycles. The molecule has 1 fully saturated rings. The van der Waals surface area contributed by atoms with Gasteiger partial charge in [-0.05, 0) is 47.9 Å². The summed E-state index contributed by atoms with van der Waals surface area (Å²) in [6.45, 7) is 12.3. The van der Waals surface area contributed by atoms with Crippen LogP contribution >= 0.6 is 24.8 Å². The fraction of sp³-hybridized carbons (Fsp3) is 0.333. The van der Waals surface area contributed by atoms with E-state index in [1.165, 1.54) is 24.3 Å². The molecule has 0 unspecified atom stereocenters. The van der Waals surface area contributed by atoms with Crippen molar-refractivity contribution in [1.82, 2.24) is 9.80 Å². The van der Waals surface area contributed by atoms with Crippen molar-refractivity contribution in [3.05, 3.63) is 108 Å². The van der Waals surface area contributed by atoms with Crippen LogP contribution in [0.5, 0.6) is 0 Å². The van der Waals surface area contributed by atoms with E-state index < -0.39 is 0 Å². The van der Waals surface area contributed by atoms with Crippen molar-refractivity contribution in [1.29, 1.82) is 0 Å². The zero-order valence-electron chi connectivity index (χ0n) is 19.5. The summed E-state index contributed by atoms with van der Waals surface area (Å²) in [4.78, 5) is 4.82. The second kappa shape index (κ2) is 15.8. The Morgan fingerprint density at radius 1 is 0.882 bits per heavy atom. The van der Waals surface area contributed by atoms with Gasteiger partial charge in [0.2, 0.25) is 0 Å². The summed E-state index contributed by atoms with van der Waals surface area (Å²) in [5.74, 6) is -0.573. The number of hydrogen-bond donors (Lipinski definition) is 0. The highest BCUT2D eigenvalue weighted by atomic mass is 35.5. The molecule has 0 aromatic heterocycles. The number of halogens is 4. The van der Waals surface area contributed by atoms with Gasteiger partial charge in [0.15, 0.2) is 0 Å². The van der Waals surface area contributed by atoms with Crippen molar-refractivity contribution in [3.63, 3.8) is 0 Å². The van der Waals surface area contributed by atoms with Crippen LogP contribution in [0.1, 0.15) is 24.2 Å².